The van der Waals surface area contributed by atoms with Crippen LogP contribution in [0.25, 0.3) is 10.8 Å². The predicted molar refractivity (Wildman–Crippen MR) is 101 cm³/mol. The van der Waals surface area contributed by atoms with Crippen LogP contribution in [-0.2, 0) is 14.8 Å². The van der Waals surface area contributed by atoms with Crippen molar-refractivity contribution < 1.29 is 22.3 Å². The van der Waals surface area contributed by atoms with Crippen molar-refractivity contribution in [2.24, 2.45) is 5.14 Å². The molecule has 27 heavy (non-hydrogen) atoms. The Hall–Kier alpha value is -2.68. The summed E-state index contributed by atoms with van der Waals surface area (Å²) in [4.78, 5) is 12.1. The minimum absolute atomic E-state index is 0.0340. The smallest absolute Gasteiger partial charge is 0.262 e. The number of nitrogens with one attached hydrogen (secondary N) is 1. The van der Waals surface area contributed by atoms with E-state index >= 15 is 0 Å². The number of fused-ring (bicyclic) bond motifs is 1. The molecule has 3 aromatic rings. The van der Waals surface area contributed by atoms with Gasteiger partial charge in [0.1, 0.15) is 11.6 Å². The Balaban J connectivity index is 1.80. The number of carbonyl (C=O) groups excluding carboxylic acids is 1. The molecule has 1 amide bonds. The number of rotatable bonds is 5. The quantitative estimate of drug-likeness (QED) is 0.676. The maximum absolute atomic E-state index is 13.1. The second-order valence-electron chi connectivity index (χ2n) is 5.61. The summed E-state index contributed by atoms with van der Waals surface area (Å²) in [7, 11) is -3.91. The number of sulfonamides is 1. The number of nitrogens with two attached hydrogens (primary N) is 1. The van der Waals surface area contributed by atoms with E-state index in [1.807, 2.05) is 0 Å². The number of primary sulfonamides is 1. The molecule has 0 aliphatic rings. The molecule has 3 rings (SSSR count). The molecule has 6 nitrogen and oxygen atoms in total. The molecule has 3 N–H and O–H groups in total. The van der Waals surface area contributed by atoms with Gasteiger partial charge < -0.3 is 10.1 Å². The standard InChI is InChI=1S/C18H14ClFN2O4S/c19-14-9-11(7-8-15(14)20)26-10-18(23)22-16-5-1-4-13-12(16)3-2-6-17(13)27(21,24)25/h1-9H,10H2,(H,22,23)(H2,21,24,25). The lowest BCUT2D eigenvalue weighted by atomic mass is 10.1. The van der Waals surface area contributed by atoms with Crippen molar-refractivity contribution in [3.05, 3.63) is 65.4 Å². The lowest BCUT2D eigenvalue weighted by molar-refractivity contribution is -0.118. The minimum Gasteiger partial charge on any atom is -0.484 e. The first-order chi connectivity index (χ1) is 12.8. The van der Waals surface area contributed by atoms with E-state index in [0.717, 1.165) is 6.07 Å². The molecule has 0 bridgehead atoms. The fourth-order valence-electron chi connectivity index (χ4n) is 2.54. The van der Waals surface area contributed by atoms with Gasteiger partial charge in [0.2, 0.25) is 10.0 Å². The lowest BCUT2D eigenvalue weighted by Gasteiger charge is -2.11. The van der Waals surface area contributed by atoms with Gasteiger partial charge in [0.05, 0.1) is 9.92 Å². The summed E-state index contributed by atoms with van der Waals surface area (Å²) in [6.07, 6.45) is 0. The number of carbonyl (C=O) groups is 1. The van der Waals surface area contributed by atoms with Gasteiger partial charge >= 0.3 is 0 Å². The molecular formula is C18H14ClFN2O4S. The molecule has 0 aliphatic carbocycles. The molecule has 0 aromatic heterocycles. The van der Waals surface area contributed by atoms with Crippen LogP contribution in [-0.4, -0.2) is 20.9 Å². The molecule has 0 heterocycles. The van der Waals surface area contributed by atoms with E-state index in [1.54, 1.807) is 24.3 Å². The number of anilines is 1. The minimum atomic E-state index is -3.91. The van der Waals surface area contributed by atoms with E-state index in [0.29, 0.717) is 16.5 Å². The summed E-state index contributed by atoms with van der Waals surface area (Å²) in [5.74, 6) is -0.829. The van der Waals surface area contributed by atoms with Gasteiger partial charge in [0, 0.05) is 22.5 Å². The van der Waals surface area contributed by atoms with E-state index in [2.05, 4.69) is 5.32 Å². The molecule has 0 radical (unpaired) electrons. The summed E-state index contributed by atoms with van der Waals surface area (Å²) >= 11 is 5.66. The van der Waals surface area contributed by atoms with Gasteiger partial charge in [-0.15, -0.1) is 0 Å². The maximum Gasteiger partial charge on any atom is 0.262 e. The van der Waals surface area contributed by atoms with E-state index in [9.17, 15) is 17.6 Å². The average molecular weight is 409 g/mol. The van der Waals surface area contributed by atoms with Crippen LogP contribution in [0.2, 0.25) is 5.02 Å². The number of amides is 1. The van der Waals surface area contributed by atoms with Gasteiger partial charge in [-0.1, -0.05) is 35.9 Å². The fraction of sp³-hybridized carbons (Fsp3) is 0.0556. The van der Waals surface area contributed by atoms with Crippen LogP contribution in [0.1, 0.15) is 0 Å². The van der Waals surface area contributed by atoms with Gasteiger partial charge in [-0.2, -0.15) is 0 Å². The predicted octanol–water partition coefficient (Wildman–Crippen LogP) is 3.30. The van der Waals surface area contributed by atoms with Crippen molar-refractivity contribution in [1.29, 1.82) is 0 Å². The lowest BCUT2D eigenvalue weighted by Crippen LogP contribution is -2.20. The normalized spacial score (nSPS) is 11.4. The first-order valence-electron chi connectivity index (χ1n) is 7.68. The summed E-state index contributed by atoms with van der Waals surface area (Å²) in [5.41, 5.74) is 0.406. The van der Waals surface area contributed by atoms with Crippen LogP contribution in [0.3, 0.4) is 0 Å². The largest absolute Gasteiger partial charge is 0.484 e. The van der Waals surface area contributed by atoms with Crippen molar-refractivity contribution in [3.8, 4) is 5.75 Å². The van der Waals surface area contributed by atoms with Crippen LogP contribution in [0.5, 0.6) is 5.75 Å². The molecule has 0 atom stereocenters. The number of ether oxygens (including phenoxy) is 1. The summed E-state index contributed by atoms with van der Waals surface area (Å²) in [6.45, 7) is -0.340. The average Bonchev–Trinajstić information content (AvgIpc) is 2.62. The van der Waals surface area contributed by atoms with Gasteiger partial charge in [0.15, 0.2) is 6.61 Å². The molecule has 0 spiro atoms. The second kappa shape index (κ2) is 7.51. The van der Waals surface area contributed by atoms with Crippen molar-refractivity contribution in [1.82, 2.24) is 0 Å². The first-order valence-corrected chi connectivity index (χ1v) is 9.60. The number of halogens is 2. The maximum atomic E-state index is 13.1. The fourth-order valence-corrected chi connectivity index (χ4v) is 3.46. The van der Waals surface area contributed by atoms with Crippen molar-refractivity contribution >= 4 is 44.0 Å². The highest BCUT2D eigenvalue weighted by molar-refractivity contribution is 7.89. The van der Waals surface area contributed by atoms with Crippen LogP contribution < -0.4 is 15.2 Å². The molecule has 0 unspecified atom stereocenters. The monoisotopic (exact) mass is 408 g/mol. The number of hydrogen-bond acceptors (Lipinski definition) is 4. The highest BCUT2D eigenvalue weighted by Crippen LogP contribution is 2.28. The number of benzene rings is 3. The first kappa shape index (κ1) is 19.1. The zero-order valence-corrected chi connectivity index (χ0v) is 15.4. The SMILES string of the molecule is NS(=O)(=O)c1cccc2c(NC(=O)COc3ccc(F)c(Cl)c3)cccc12. The third-order valence-electron chi connectivity index (χ3n) is 3.72. The molecule has 9 heteroatoms. The van der Waals surface area contributed by atoms with Gasteiger partial charge in [-0.05, 0) is 24.3 Å². The Morgan fingerprint density at radius 3 is 2.52 bits per heavy atom. The van der Waals surface area contributed by atoms with E-state index in [4.69, 9.17) is 21.5 Å². The second-order valence-corrected chi connectivity index (χ2v) is 7.55. The highest BCUT2D eigenvalue weighted by atomic mass is 35.5. The van der Waals surface area contributed by atoms with Crippen molar-refractivity contribution in [2.75, 3.05) is 11.9 Å². The summed E-state index contributed by atoms with van der Waals surface area (Å²) < 4.78 is 41.9. The van der Waals surface area contributed by atoms with Gasteiger partial charge in [0.25, 0.3) is 5.91 Å². The van der Waals surface area contributed by atoms with Gasteiger partial charge in [-0.25, -0.2) is 17.9 Å². The highest BCUT2D eigenvalue weighted by Gasteiger charge is 2.14. The third kappa shape index (κ3) is 4.36. The molecule has 0 aliphatic heterocycles. The van der Waals surface area contributed by atoms with E-state index in [-0.39, 0.29) is 22.3 Å². The van der Waals surface area contributed by atoms with Crippen LogP contribution in [0.4, 0.5) is 10.1 Å². The van der Waals surface area contributed by atoms with Crippen LogP contribution in [0.15, 0.2) is 59.5 Å². The molecular weight excluding hydrogens is 395 g/mol. The number of hydrogen-bond donors (Lipinski definition) is 2. The Kier molecular flexibility index (Phi) is 5.31. The summed E-state index contributed by atoms with van der Waals surface area (Å²) in [5, 5.41) is 8.68. The zero-order valence-electron chi connectivity index (χ0n) is 13.8. The molecule has 0 saturated heterocycles. The molecule has 140 valence electrons. The van der Waals surface area contributed by atoms with E-state index in [1.165, 1.54) is 24.3 Å². The third-order valence-corrected chi connectivity index (χ3v) is 4.98. The van der Waals surface area contributed by atoms with Crippen molar-refractivity contribution in [2.45, 2.75) is 4.90 Å². The van der Waals surface area contributed by atoms with Crippen LogP contribution >= 0.6 is 11.6 Å². The summed E-state index contributed by atoms with van der Waals surface area (Å²) in [6, 6.07) is 13.2. The molecule has 0 fully saturated rings. The Morgan fingerprint density at radius 1 is 1.11 bits per heavy atom. The van der Waals surface area contributed by atoms with E-state index < -0.39 is 21.7 Å². The Morgan fingerprint density at radius 2 is 1.81 bits per heavy atom. The molecule has 3 aromatic carbocycles. The Bertz CT molecular complexity index is 1140. The Labute approximate surface area is 159 Å². The van der Waals surface area contributed by atoms with Gasteiger partial charge in [-0.3, -0.25) is 4.79 Å². The molecule has 0 saturated carbocycles. The van der Waals surface area contributed by atoms with Crippen LogP contribution in [0, 0.1) is 5.82 Å². The van der Waals surface area contributed by atoms with Crippen molar-refractivity contribution in [3.63, 3.8) is 0 Å². The topological polar surface area (TPSA) is 98.5 Å². The zero-order chi connectivity index (χ0) is 19.6.